The van der Waals surface area contributed by atoms with Crippen LogP contribution < -0.4 is 4.72 Å². The first-order valence-corrected chi connectivity index (χ1v) is 7.07. The van der Waals surface area contributed by atoms with Gasteiger partial charge in [-0.05, 0) is 33.2 Å². The zero-order chi connectivity index (χ0) is 14.6. The minimum atomic E-state index is -3.73. The van der Waals surface area contributed by atoms with Crippen molar-refractivity contribution in [2.24, 2.45) is 0 Å². The molecule has 1 aromatic rings. The molecule has 2 N–H and O–H groups in total. The maximum Gasteiger partial charge on any atom is 0.337 e. The highest BCUT2D eigenvalue weighted by Crippen LogP contribution is 2.07. The molecule has 0 amide bonds. The summed E-state index contributed by atoms with van der Waals surface area (Å²) in [6.07, 6.45) is 1.02. The van der Waals surface area contributed by atoms with Crippen molar-refractivity contribution in [3.8, 4) is 0 Å². The highest BCUT2D eigenvalue weighted by Gasteiger charge is 2.19. The van der Waals surface area contributed by atoms with Gasteiger partial charge >= 0.3 is 5.97 Å². The lowest BCUT2D eigenvalue weighted by Crippen LogP contribution is -2.39. The van der Waals surface area contributed by atoms with Crippen molar-refractivity contribution in [1.29, 1.82) is 0 Å². The summed E-state index contributed by atoms with van der Waals surface area (Å²) in [5.74, 6) is -1.15. The van der Waals surface area contributed by atoms with Gasteiger partial charge in [0, 0.05) is 18.8 Å². The van der Waals surface area contributed by atoms with Crippen LogP contribution in [0.5, 0.6) is 0 Å². The van der Waals surface area contributed by atoms with E-state index >= 15 is 0 Å². The van der Waals surface area contributed by atoms with Gasteiger partial charge in [0.2, 0.25) is 0 Å². The second-order valence-corrected chi connectivity index (χ2v) is 6.14. The number of rotatable bonds is 6. The normalized spacial score (nSPS) is 13.5. The number of hydrogen-bond acceptors (Lipinski definition) is 5. The van der Waals surface area contributed by atoms with Gasteiger partial charge in [-0.25, -0.2) is 22.9 Å². The lowest BCUT2D eigenvalue weighted by Gasteiger charge is -2.17. The maximum atomic E-state index is 12.0. The van der Waals surface area contributed by atoms with Gasteiger partial charge in [-0.1, -0.05) is 0 Å². The average Bonchev–Trinajstić information content (AvgIpc) is 2.27. The monoisotopic (exact) mass is 287 g/mol. The first-order chi connectivity index (χ1) is 8.72. The van der Waals surface area contributed by atoms with Crippen LogP contribution in [0.3, 0.4) is 0 Å². The topological polar surface area (TPSA) is 99.6 Å². The Hall–Kier alpha value is -1.51. The highest BCUT2D eigenvalue weighted by atomic mass is 32.2. The molecule has 0 saturated heterocycles. The molecule has 0 bridgehead atoms. The number of nitrogens with one attached hydrogen (secondary N) is 1. The van der Waals surface area contributed by atoms with Crippen molar-refractivity contribution < 1.29 is 18.3 Å². The van der Waals surface area contributed by atoms with Gasteiger partial charge in [0.05, 0.1) is 5.56 Å². The van der Waals surface area contributed by atoms with Crippen LogP contribution in [0.4, 0.5) is 0 Å². The summed E-state index contributed by atoms with van der Waals surface area (Å²) in [5, 5.41) is 8.52. The second kappa shape index (κ2) is 6.09. The van der Waals surface area contributed by atoms with Gasteiger partial charge in [-0.2, -0.15) is 0 Å². The minimum Gasteiger partial charge on any atom is -0.478 e. The van der Waals surface area contributed by atoms with Crippen molar-refractivity contribution in [2.75, 3.05) is 20.6 Å². The van der Waals surface area contributed by atoms with Crippen LogP contribution in [0.25, 0.3) is 0 Å². The van der Waals surface area contributed by atoms with E-state index in [0.29, 0.717) is 6.54 Å². The molecule has 0 spiro atoms. The summed E-state index contributed by atoms with van der Waals surface area (Å²) in [4.78, 5) is 16.2. The molecule has 1 aromatic heterocycles. The SMILES string of the molecule is CC(CN(C)C)NS(=O)(=O)c1ccc(C(=O)O)cn1. The Bertz CT molecular complexity index is 540. The summed E-state index contributed by atoms with van der Waals surface area (Å²) in [6, 6.07) is 2.11. The van der Waals surface area contributed by atoms with E-state index in [9.17, 15) is 13.2 Å². The molecule has 0 aliphatic heterocycles. The van der Waals surface area contributed by atoms with Crippen LogP contribution in [-0.2, 0) is 10.0 Å². The second-order valence-electron chi connectivity index (χ2n) is 4.47. The fourth-order valence-corrected chi connectivity index (χ4v) is 2.74. The molecule has 106 valence electrons. The van der Waals surface area contributed by atoms with Crippen molar-refractivity contribution in [1.82, 2.24) is 14.6 Å². The zero-order valence-corrected chi connectivity index (χ0v) is 11.8. The smallest absolute Gasteiger partial charge is 0.337 e. The molecule has 0 aliphatic rings. The maximum absolute atomic E-state index is 12.0. The molecule has 7 nitrogen and oxygen atoms in total. The molecular weight excluding hydrogens is 270 g/mol. The summed E-state index contributed by atoms with van der Waals surface area (Å²) >= 11 is 0. The van der Waals surface area contributed by atoms with Gasteiger partial charge in [0.25, 0.3) is 10.0 Å². The minimum absolute atomic E-state index is 0.0553. The highest BCUT2D eigenvalue weighted by molar-refractivity contribution is 7.89. The number of likely N-dealkylation sites (N-methyl/N-ethyl adjacent to an activating group) is 1. The summed E-state index contributed by atoms with van der Waals surface area (Å²) in [7, 11) is -0.0523. The van der Waals surface area contributed by atoms with Gasteiger partial charge < -0.3 is 10.0 Å². The number of aromatic carboxylic acids is 1. The predicted octanol–water partition coefficient (Wildman–Crippen LogP) is 0.00820. The molecular formula is C11H17N3O4S. The van der Waals surface area contributed by atoms with Crippen molar-refractivity contribution in [2.45, 2.75) is 18.0 Å². The van der Waals surface area contributed by atoms with E-state index in [0.717, 1.165) is 6.20 Å². The quantitative estimate of drug-likeness (QED) is 0.764. The van der Waals surface area contributed by atoms with Crippen LogP contribution in [0.1, 0.15) is 17.3 Å². The van der Waals surface area contributed by atoms with E-state index in [2.05, 4.69) is 9.71 Å². The molecule has 1 rings (SSSR count). The largest absolute Gasteiger partial charge is 0.478 e. The Labute approximate surface area is 112 Å². The van der Waals surface area contributed by atoms with Crippen molar-refractivity contribution >= 4 is 16.0 Å². The molecule has 0 aromatic carbocycles. The number of hydrogen-bond donors (Lipinski definition) is 2. The zero-order valence-electron chi connectivity index (χ0n) is 11.0. The van der Waals surface area contributed by atoms with Crippen LogP contribution in [0, 0.1) is 0 Å². The Kier molecular flexibility index (Phi) is 4.98. The third kappa shape index (κ3) is 4.58. The molecule has 8 heteroatoms. The summed E-state index contributed by atoms with van der Waals surface area (Å²) in [6.45, 7) is 2.29. The lowest BCUT2D eigenvalue weighted by molar-refractivity contribution is 0.0696. The molecule has 1 heterocycles. The first kappa shape index (κ1) is 15.5. The van der Waals surface area contributed by atoms with Gasteiger partial charge in [-0.3, -0.25) is 0 Å². The fourth-order valence-electron chi connectivity index (χ4n) is 1.58. The van der Waals surface area contributed by atoms with E-state index < -0.39 is 16.0 Å². The number of nitrogens with zero attached hydrogens (tertiary/aromatic N) is 2. The number of aromatic nitrogens is 1. The van der Waals surface area contributed by atoms with E-state index in [-0.39, 0.29) is 16.6 Å². The van der Waals surface area contributed by atoms with Crippen LogP contribution in [-0.4, -0.2) is 56.1 Å². The fraction of sp³-hybridized carbons (Fsp3) is 0.455. The Balaban J connectivity index is 2.85. The van der Waals surface area contributed by atoms with Gasteiger partial charge in [0.15, 0.2) is 5.03 Å². The number of carboxylic acids is 1. The molecule has 0 fully saturated rings. The summed E-state index contributed by atoms with van der Waals surface area (Å²) < 4.78 is 26.4. The molecule has 19 heavy (non-hydrogen) atoms. The van der Waals surface area contributed by atoms with Crippen LogP contribution >= 0.6 is 0 Å². The number of carbonyl (C=O) groups is 1. The average molecular weight is 287 g/mol. The van der Waals surface area contributed by atoms with Crippen LogP contribution in [0.2, 0.25) is 0 Å². The van der Waals surface area contributed by atoms with E-state index in [4.69, 9.17) is 5.11 Å². The van der Waals surface area contributed by atoms with Crippen LogP contribution in [0.15, 0.2) is 23.4 Å². The Morgan fingerprint density at radius 2 is 2.11 bits per heavy atom. The third-order valence-electron chi connectivity index (χ3n) is 2.25. The molecule has 0 aliphatic carbocycles. The van der Waals surface area contributed by atoms with Crippen molar-refractivity contribution in [3.05, 3.63) is 23.9 Å². The van der Waals surface area contributed by atoms with E-state index in [1.54, 1.807) is 6.92 Å². The first-order valence-electron chi connectivity index (χ1n) is 5.59. The Morgan fingerprint density at radius 3 is 2.53 bits per heavy atom. The van der Waals surface area contributed by atoms with E-state index in [1.807, 2.05) is 19.0 Å². The number of carboxylic acid groups (broad SMARTS) is 1. The molecule has 1 atom stereocenters. The number of sulfonamides is 1. The van der Waals surface area contributed by atoms with Crippen molar-refractivity contribution in [3.63, 3.8) is 0 Å². The Morgan fingerprint density at radius 1 is 1.47 bits per heavy atom. The van der Waals surface area contributed by atoms with E-state index in [1.165, 1.54) is 12.1 Å². The molecule has 0 radical (unpaired) electrons. The lowest BCUT2D eigenvalue weighted by atomic mass is 10.3. The molecule has 1 unspecified atom stereocenters. The predicted molar refractivity (Wildman–Crippen MR) is 69.5 cm³/mol. The number of pyridine rings is 1. The van der Waals surface area contributed by atoms with Gasteiger partial charge in [-0.15, -0.1) is 0 Å². The summed E-state index contributed by atoms with van der Waals surface area (Å²) in [5.41, 5.74) is -0.0553. The molecule has 0 saturated carbocycles. The third-order valence-corrected chi connectivity index (χ3v) is 3.76. The van der Waals surface area contributed by atoms with Gasteiger partial charge in [0.1, 0.15) is 0 Å². The standard InChI is InChI=1S/C11H17N3O4S/c1-8(7-14(2)3)13-19(17,18)10-5-4-9(6-12-10)11(15)16/h4-6,8,13H,7H2,1-3H3,(H,15,16).